The van der Waals surface area contributed by atoms with Crippen LogP contribution in [0.5, 0.6) is 5.88 Å². The van der Waals surface area contributed by atoms with Gasteiger partial charge >= 0.3 is 0 Å². The summed E-state index contributed by atoms with van der Waals surface area (Å²) < 4.78 is 2.22. The number of aryl methyl sites for hydroxylation is 1. The summed E-state index contributed by atoms with van der Waals surface area (Å²) in [6, 6.07) is 17.2. The minimum atomic E-state index is -0.524. The van der Waals surface area contributed by atoms with Gasteiger partial charge in [-0.3, -0.25) is 9.36 Å². The van der Waals surface area contributed by atoms with Crippen LogP contribution in [0.15, 0.2) is 58.3 Å². The molecular weight excluding hydrogens is 396 g/mol. The number of aromatic hydroxyl groups is 1. The van der Waals surface area contributed by atoms with Crippen LogP contribution in [-0.2, 0) is 6.54 Å². The smallest absolute Gasteiger partial charge is 0.271 e. The summed E-state index contributed by atoms with van der Waals surface area (Å²) in [6.45, 7) is 3.81. The highest BCUT2D eigenvalue weighted by atomic mass is 32.1. The number of aromatic nitrogens is 2. The molecule has 0 unspecified atom stereocenters. The first kappa shape index (κ1) is 19.6. The predicted molar refractivity (Wildman–Crippen MR) is 119 cm³/mol. The molecule has 0 atom stereocenters. The number of nitrogens with zero attached hydrogens (tertiary/aromatic N) is 4. The molecule has 148 valence electrons. The van der Waals surface area contributed by atoms with E-state index in [0.717, 1.165) is 21.3 Å². The molecule has 1 N–H and O–H groups in total. The molecule has 0 saturated heterocycles. The Morgan fingerprint density at radius 1 is 1.23 bits per heavy atom. The average molecular weight is 414 g/mol. The molecule has 2 aromatic carbocycles. The Kier molecular flexibility index (Phi) is 5.17. The van der Waals surface area contributed by atoms with Gasteiger partial charge in [0.1, 0.15) is 11.6 Å². The maximum Gasteiger partial charge on any atom is 0.271 e. The van der Waals surface area contributed by atoms with Gasteiger partial charge in [-0.2, -0.15) is 5.26 Å². The van der Waals surface area contributed by atoms with Gasteiger partial charge in [0.05, 0.1) is 22.3 Å². The number of nitriles is 1. The molecule has 0 aliphatic heterocycles. The topological polar surface area (TPSA) is 91.3 Å². The SMILES string of the molecule is Cc1ccc2nc(N=Cc3c(C)c(C#N)c(=O)n(Cc4ccccc4)c3O)sc2c1. The van der Waals surface area contributed by atoms with Gasteiger partial charge in [-0.1, -0.05) is 47.7 Å². The summed E-state index contributed by atoms with van der Waals surface area (Å²) >= 11 is 1.44. The predicted octanol–water partition coefficient (Wildman–Crippen LogP) is 4.45. The number of hydrogen-bond donors (Lipinski definition) is 1. The van der Waals surface area contributed by atoms with Crippen LogP contribution in [0.3, 0.4) is 0 Å². The quantitative estimate of drug-likeness (QED) is 0.500. The van der Waals surface area contributed by atoms with E-state index in [2.05, 4.69) is 9.98 Å². The maximum absolute atomic E-state index is 12.7. The van der Waals surface area contributed by atoms with E-state index in [0.29, 0.717) is 16.3 Å². The summed E-state index contributed by atoms with van der Waals surface area (Å²) in [5.41, 5.74) is 3.02. The van der Waals surface area contributed by atoms with Gasteiger partial charge in [0.25, 0.3) is 5.56 Å². The first-order chi connectivity index (χ1) is 14.5. The zero-order valence-corrected chi connectivity index (χ0v) is 17.3. The lowest BCUT2D eigenvalue weighted by atomic mass is 10.1. The first-order valence-electron chi connectivity index (χ1n) is 9.29. The van der Waals surface area contributed by atoms with Gasteiger partial charge in [-0.05, 0) is 42.7 Å². The molecule has 2 aromatic heterocycles. The van der Waals surface area contributed by atoms with Crippen LogP contribution in [-0.4, -0.2) is 20.9 Å². The largest absolute Gasteiger partial charge is 0.494 e. The third-order valence-electron chi connectivity index (χ3n) is 4.87. The van der Waals surface area contributed by atoms with Crippen LogP contribution in [0.25, 0.3) is 10.2 Å². The monoisotopic (exact) mass is 414 g/mol. The van der Waals surface area contributed by atoms with Gasteiger partial charge in [0.15, 0.2) is 0 Å². The second-order valence-electron chi connectivity index (χ2n) is 6.95. The lowest BCUT2D eigenvalue weighted by Gasteiger charge is -2.14. The van der Waals surface area contributed by atoms with E-state index < -0.39 is 5.56 Å². The van der Waals surface area contributed by atoms with Crippen LogP contribution in [0, 0.1) is 25.2 Å². The van der Waals surface area contributed by atoms with E-state index in [-0.39, 0.29) is 18.0 Å². The van der Waals surface area contributed by atoms with Gasteiger partial charge in [0.2, 0.25) is 11.0 Å². The molecule has 7 heteroatoms. The third kappa shape index (κ3) is 3.61. The van der Waals surface area contributed by atoms with Crippen molar-refractivity contribution in [3.63, 3.8) is 0 Å². The Hall–Kier alpha value is -3.76. The molecular formula is C23H18N4O2S. The number of aliphatic imine (C=N–C) groups is 1. The molecule has 0 fully saturated rings. The molecule has 0 radical (unpaired) electrons. The Balaban J connectivity index is 1.80. The molecule has 2 heterocycles. The summed E-state index contributed by atoms with van der Waals surface area (Å²) in [5, 5.41) is 20.9. The van der Waals surface area contributed by atoms with Crippen LogP contribution in [0.1, 0.15) is 27.8 Å². The average Bonchev–Trinajstić information content (AvgIpc) is 3.14. The van der Waals surface area contributed by atoms with Gasteiger partial charge < -0.3 is 5.11 Å². The van der Waals surface area contributed by atoms with E-state index in [9.17, 15) is 15.2 Å². The zero-order valence-electron chi connectivity index (χ0n) is 16.5. The lowest BCUT2D eigenvalue weighted by Crippen LogP contribution is -2.25. The highest BCUT2D eigenvalue weighted by Crippen LogP contribution is 2.29. The molecule has 0 aliphatic carbocycles. The van der Waals surface area contributed by atoms with Crippen LogP contribution in [0.4, 0.5) is 5.13 Å². The van der Waals surface area contributed by atoms with Crippen molar-refractivity contribution < 1.29 is 5.11 Å². The van der Waals surface area contributed by atoms with Crippen LogP contribution in [0.2, 0.25) is 0 Å². The number of fused-ring (bicyclic) bond motifs is 1. The minimum Gasteiger partial charge on any atom is -0.494 e. The van der Waals surface area contributed by atoms with Crippen LogP contribution < -0.4 is 5.56 Å². The Labute approximate surface area is 177 Å². The summed E-state index contributed by atoms with van der Waals surface area (Å²) in [4.78, 5) is 21.6. The van der Waals surface area contributed by atoms with E-state index in [4.69, 9.17) is 0 Å². The fourth-order valence-corrected chi connectivity index (χ4v) is 4.14. The Morgan fingerprint density at radius 3 is 2.73 bits per heavy atom. The van der Waals surface area contributed by atoms with Crippen molar-refractivity contribution >= 4 is 32.9 Å². The van der Waals surface area contributed by atoms with Crippen LogP contribution >= 0.6 is 11.3 Å². The second-order valence-corrected chi connectivity index (χ2v) is 7.96. The molecule has 0 aliphatic rings. The standard InChI is InChI=1S/C23H18N4O2S/c1-14-8-9-19-20(10-14)30-23(26-19)25-12-18-15(2)17(11-24)21(28)27(22(18)29)13-16-6-4-3-5-7-16/h3-10,12,29H,13H2,1-2H3. The van der Waals surface area contributed by atoms with Crippen molar-refractivity contribution in [2.75, 3.05) is 0 Å². The highest BCUT2D eigenvalue weighted by Gasteiger charge is 2.18. The number of thiazole rings is 1. The van der Waals surface area contributed by atoms with E-state index in [1.165, 1.54) is 22.1 Å². The van der Waals surface area contributed by atoms with Gasteiger partial charge in [0, 0.05) is 6.21 Å². The van der Waals surface area contributed by atoms with E-state index in [1.54, 1.807) is 6.92 Å². The molecule has 0 amide bonds. The summed E-state index contributed by atoms with van der Waals surface area (Å²) in [6.07, 6.45) is 1.47. The highest BCUT2D eigenvalue weighted by molar-refractivity contribution is 7.22. The van der Waals surface area contributed by atoms with E-state index >= 15 is 0 Å². The second kappa shape index (κ2) is 7.93. The Morgan fingerprint density at radius 2 is 2.00 bits per heavy atom. The van der Waals surface area contributed by atoms with Gasteiger partial charge in [-0.15, -0.1) is 0 Å². The van der Waals surface area contributed by atoms with E-state index in [1.807, 2.05) is 61.5 Å². The fraction of sp³-hybridized carbons (Fsp3) is 0.130. The fourth-order valence-electron chi connectivity index (χ4n) is 3.23. The molecule has 0 bridgehead atoms. The molecule has 0 saturated carbocycles. The van der Waals surface area contributed by atoms with Crippen molar-refractivity contribution in [3.05, 3.63) is 86.7 Å². The molecule has 4 rings (SSSR count). The normalized spacial score (nSPS) is 11.2. The molecule has 4 aromatic rings. The number of rotatable bonds is 4. The number of benzene rings is 2. The van der Waals surface area contributed by atoms with Crippen molar-refractivity contribution in [2.45, 2.75) is 20.4 Å². The molecule has 0 spiro atoms. The molecule has 30 heavy (non-hydrogen) atoms. The summed E-state index contributed by atoms with van der Waals surface area (Å²) in [5.74, 6) is -0.221. The summed E-state index contributed by atoms with van der Waals surface area (Å²) in [7, 11) is 0. The van der Waals surface area contributed by atoms with Crippen molar-refractivity contribution in [1.29, 1.82) is 5.26 Å². The zero-order chi connectivity index (χ0) is 21.3. The van der Waals surface area contributed by atoms with Crippen molar-refractivity contribution in [3.8, 4) is 11.9 Å². The van der Waals surface area contributed by atoms with Crippen molar-refractivity contribution in [2.24, 2.45) is 4.99 Å². The first-order valence-corrected chi connectivity index (χ1v) is 10.1. The lowest BCUT2D eigenvalue weighted by molar-refractivity contribution is 0.413. The van der Waals surface area contributed by atoms with Crippen molar-refractivity contribution in [1.82, 2.24) is 9.55 Å². The third-order valence-corrected chi connectivity index (χ3v) is 5.79. The minimum absolute atomic E-state index is 0.00916. The number of hydrogen-bond acceptors (Lipinski definition) is 6. The molecule has 6 nitrogen and oxygen atoms in total. The number of pyridine rings is 1. The maximum atomic E-state index is 12.7. The van der Waals surface area contributed by atoms with Gasteiger partial charge in [-0.25, -0.2) is 9.98 Å². The Bertz CT molecular complexity index is 1380.